The predicted octanol–water partition coefficient (Wildman–Crippen LogP) is 3.87. The van der Waals surface area contributed by atoms with Gasteiger partial charge >= 0.3 is 5.97 Å². The van der Waals surface area contributed by atoms with Crippen molar-refractivity contribution in [2.45, 2.75) is 18.9 Å². The van der Waals surface area contributed by atoms with Crippen molar-refractivity contribution in [1.29, 1.82) is 0 Å². The average Bonchev–Trinajstić information content (AvgIpc) is 2.55. The average molecular weight is 282 g/mol. The molecule has 2 aromatic rings. The van der Waals surface area contributed by atoms with E-state index in [9.17, 15) is 4.79 Å². The molecule has 2 rings (SSSR count). The van der Waals surface area contributed by atoms with Gasteiger partial charge in [-0.15, -0.1) is 0 Å². The second kappa shape index (κ2) is 7.41. The third-order valence-electron chi connectivity index (χ3n) is 3.24. The highest BCUT2D eigenvalue weighted by Crippen LogP contribution is 2.29. The SMILES string of the molecule is C=CC(=O)OOC(C)C(c1ccccc1)c1ccccc1. The minimum Gasteiger partial charge on any atom is -0.293 e. The molecule has 0 aliphatic heterocycles. The van der Waals surface area contributed by atoms with Crippen molar-refractivity contribution in [3.8, 4) is 0 Å². The molecule has 0 aliphatic rings. The van der Waals surface area contributed by atoms with E-state index in [1.54, 1.807) is 0 Å². The van der Waals surface area contributed by atoms with E-state index in [1.807, 2.05) is 67.6 Å². The molecule has 0 spiro atoms. The monoisotopic (exact) mass is 282 g/mol. The van der Waals surface area contributed by atoms with Crippen LogP contribution in [-0.4, -0.2) is 12.1 Å². The van der Waals surface area contributed by atoms with Crippen molar-refractivity contribution in [3.05, 3.63) is 84.4 Å². The first kappa shape index (κ1) is 15.0. The zero-order chi connectivity index (χ0) is 15.1. The van der Waals surface area contributed by atoms with Gasteiger partial charge in [-0.3, -0.25) is 4.89 Å². The van der Waals surface area contributed by atoms with Crippen LogP contribution < -0.4 is 0 Å². The Hall–Kier alpha value is -2.39. The lowest BCUT2D eigenvalue weighted by Gasteiger charge is -2.23. The van der Waals surface area contributed by atoms with Gasteiger partial charge in [0.15, 0.2) is 0 Å². The maximum absolute atomic E-state index is 11.1. The molecule has 21 heavy (non-hydrogen) atoms. The van der Waals surface area contributed by atoms with E-state index in [2.05, 4.69) is 6.58 Å². The standard InChI is InChI=1S/C18H18O3/c1-3-17(19)21-20-14(2)18(15-10-6-4-7-11-15)16-12-8-5-9-13-16/h3-14,18H,1H2,2H3. The number of hydrogen-bond donors (Lipinski definition) is 0. The maximum atomic E-state index is 11.1. The van der Waals surface area contributed by atoms with Gasteiger partial charge in [0.25, 0.3) is 0 Å². The molecule has 0 saturated heterocycles. The summed E-state index contributed by atoms with van der Waals surface area (Å²) in [4.78, 5) is 21.1. The Kier molecular flexibility index (Phi) is 5.29. The Labute approximate surface area is 124 Å². The van der Waals surface area contributed by atoms with E-state index >= 15 is 0 Å². The molecule has 0 amide bonds. The fourth-order valence-electron chi connectivity index (χ4n) is 2.27. The highest BCUT2D eigenvalue weighted by Gasteiger charge is 2.23. The lowest BCUT2D eigenvalue weighted by molar-refractivity contribution is -0.292. The van der Waals surface area contributed by atoms with Crippen LogP contribution in [0.5, 0.6) is 0 Å². The highest BCUT2D eigenvalue weighted by molar-refractivity contribution is 5.80. The Bertz CT molecular complexity index is 538. The Morgan fingerprint density at radius 3 is 1.90 bits per heavy atom. The zero-order valence-electron chi connectivity index (χ0n) is 11.9. The first-order chi connectivity index (χ1) is 10.2. The second-order valence-electron chi connectivity index (χ2n) is 4.71. The fourth-order valence-corrected chi connectivity index (χ4v) is 2.27. The van der Waals surface area contributed by atoms with E-state index < -0.39 is 5.97 Å². The van der Waals surface area contributed by atoms with Gasteiger partial charge in [-0.1, -0.05) is 67.2 Å². The van der Waals surface area contributed by atoms with E-state index in [-0.39, 0.29) is 12.0 Å². The van der Waals surface area contributed by atoms with Crippen molar-refractivity contribution in [2.75, 3.05) is 0 Å². The van der Waals surface area contributed by atoms with Crippen LogP contribution in [-0.2, 0) is 14.6 Å². The predicted molar refractivity (Wildman–Crippen MR) is 81.6 cm³/mol. The summed E-state index contributed by atoms with van der Waals surface area (Å²) in [6.45, 7) is 5.22. The van der Waals surface area contributed by atoms with E-state index in [1.165, 1.54) is 0 Å². The fraction of sp³-hybridized carbons (Fsp3) is 0.167. The molecule has 0 aliphatic carbocycles. The second-order valence-corrected chi connectivity index (χ2v) is 4.71. The van der Waals surface area contributed by atoms with Crippen molar-refractivity contribution in [1.82, 2.24) is 0 Å². The van der Waals surface area contributed by atoms with Gasteiger partial charge in [0.1, 0.15) is 6.10 Å². The molecule has 0 saturated carbocycles. The van der Waals surface area contributed by atoms with Gasteiger partial charge in [0, 0.05) is 12.0 Å². The Morgan fingerprint density at radius 2 is 1.48 bits per heavy atom. The van der Waals surface area contributed by atoms with Crippen LogP contribution in [0, 0.1) is 0 Å². The summed E-state index contributed by atoms with van der Waals surface area (Å²) in [5, 5.41) is 0. The normalized spacial score (nSPS) is 11.9. The Balaban J connectivity index is 2.24. The Morgan fingerprint density at radius 1 is 1.00 bits per heavy atom. The molecule has 0 bridgehead atoms. The molecule has 108 valence electrons. The summed E-state index contributed by atoms with van der Waals surface area (Å²) in [5.41, 5.74) is 2.21. The van der Waals surface area contributed by atoms with Gasteiger partial charge in [0.05, 0.1) is 0 Å². The molecule has 0 radical (unpaired) electrons. The molecule has 3 nitrogen and oxygen atoms in total. The summed E-state index contributed by atoms with van der Waals surface area (Å²) in [6.07, 6.45) is 0.756. The van der Waals surface area contributed by atoms with E-state index in [4.69, 9.17) is 9.78 Å². The minimum atomic E-state index is -0.596. The van der Waals surface area contributed by atoms with Gasteiger partial charge in [-0.2, -0.15) is 4.89 Å². The molecule has 0 N–H and O–H groups in total. The van der Waals surface area contributed by atoms with Crippen LogP contribution in [0.3, 0.4) is 0 Å². The number of carbonyl (C=O) groups is 1. The summed E-state index contributed by atoms with van der Waals surface area (Å²) >= 11 is 0. The van der Waals surface area contributed by atoms with Crippen LogP contribution in [0.25, 0.3) is 0 Å². The molecular formula is C18H18O3. The lowest BCUT2D eigenvalue weighted by atomic mass is 9.87. The summed E-state index contributed by atoms with van der Waals surface area (Å²) in [6, 6.07) is 20.0. The summed E-state index contributed by atoms with van der Waals surface area (Å²) < 4.78 is 0. The maximum Gasteiger partial charge on any atom is 0.365 e. The number of hydrogen-bond acceptors (Lipinski definition) is 3. The van der Waals surface area contributed by atoms with Gasteiger partial charge < -0.3 is 0 Å². The number of rotatable bonds is 6. The van der Waals surface area contributed by atoms with Crippen LogP contribution in [0.2, 0.25) is 0 Å². The lowest BCUT2D eigenvalue weighted by Crippen LogP contribution is -2.21. The van der Waals surface area contributed by atoms with Crippen LogP contribution in [0.1, 0.15) is 24.0 Å². The highest BCUT2D eigenvalue weighted by atomic mass is 17.2. The topological polar surface area (TPSA) is 35.5 Å². The van der Waals surface area contributed by atoms with Gasteiger partial charge in [-0.25, -0.2) is 4.79 Å². The minimum absolute atomic E-state index is 0.0231. The molecule has 0 aromatic heterocycles. The molecule has 0 heterocycles. The molecule has 1 unspecified atom stereocenters. The zero-order valence-corrected chi connectivity index (χ0v) is 11.9. The molecule has 3 heteroatoms. The largest absolute Gasteiger partial charge is 0.365 e. The van der Waals surface area contributed by atoms with Crippen LogP contribution in [0.4, 0.5) is 0 Å². The molecule has 2 aromatic carbocycles. The van der Waals surface area contributed by atoms with E-state index in [0.717, 1.165) is 17.2 Å². The van der Waals surface area contributed by atoms with E-state index in [0.29, 0.717) is 0 Å². The third kappa shape index (κ3) is 4.04. The van der Waals surface area contributed by atoms with Crippen molar-refractivity contribution >= 4 is 5.97 Å². The quantitative estimate of drug-likeness (QED) is 0.458. The van der Waals surface area contributed by atoms with Crippen molar-refractivity contribution in [2.24, 2.45) is 0 Å². The summed E-state index contributed by atoms with van der Waals surface area (Å²) in [7, 11) is 0. The van der Waals surface area contributed by atoms with Gasteiger partial charge in [0.2, 0.25) is 0 Å². The van der Waals surface area contributed by atoms with Crippen LogP contribution in [0.15, 0.2) is 73.3 Å². The first-order valence-corrected chi connectivity index (χ1v) is 6.82. The van der Waals surface area contributed by atoms with Crippen LogP contribution >= 0.6 is 0 Å². The van der Waals surface area contributed by atoms with Gasteiger partial charge in [-0.05, 0) is 18.1 Å². The first-order valence-electron chi connectivity index (χ1n) is 6.82. The van der Waals surface area contributed by atoms with Crippen molar-refractivity contribution in [3.63, 3.8) is 0 Å². The molecule has 0 fully saturated rings. The molecule has 1 atom stereocenters. The number of benzene rings is 2. The third-order valence-corrected chi connectivity index (χ3v) is 3.24. The number of carbonyl (C=O) groups excluding carboxylic acids is 1. The summed E-state index contributed by atoms with van der Waals surface area (Å²) in [5.74, 6) is -0.619. The molecular weight excluding hydrogens is 264 g/mol. The smallest absolute Gasteiger partial charge is 0.293 e. The van der Waals surface area contributed by atoms with Crippen molar-refractivity contribution < 1.29 is 14.6 Å².